The second kappa shape index (κ2) is 2.83. The van der Waals surface area contributed by atoms with Crippen molar-refractivity contribution in [1.29, 1.82) is 0 Å². The minimum absolute atomic E-state index is 0.802. The first-order valence-corrected chi connectivity index (χ1v) is 4.43. The van der Waals surface area contributed by atoms with Crippen LogP contribution < -0.4 is 0 Å². The maximum Gasteiger partial charge on any atom is 0.0495 e. The average Bonchev–Trinajstić information content (AvgIpc) is 2.46. The van der Waals surface area contributed by atoms with Gasteiger partial charge in [-0.3, -0.25) is 0 Å². The fourth-order valence-corrected chi connectivity index (χ4v) is 1.60. The van der Waals surface area contributed by atoms with Gasteiger partial charge in [-0.1, -0.05) is 17.7 Å². The Morgan fingerprint density at radius 3 is 2.92 bits per heavy atom. The molecule has 0 fully saturated rings. The van der Waals surface area contributed by atoms with Crippen molar-refractivity contribution >= 4 is 22.5 Å². The minimum Gasteiger partial charge on any atom is -0.348 e. The van der Waals surface area contributed by atoms with Crippen molar-refractivity contribution in [3.05, 3.63) is 35.5 Å². The van der Waals surface area contributed by atoms with E-state index in [0.29, 0.717) is 0 Å². The van der Waals surface area contributed by atoms with Gasteiger partial charge in [0.1, 0.15) is 0 Å². The maximum absolute atomic E-state index is 5.89. The molecule has 1 aromatic heterocycles. The van der Waals surface area contributed by atoms with Gasteiger partial charge in [-0.15, -0.1) is 0 Å². The van der Waals surface area contributed by atoms with E-state index in [1.54, 1.807) is 0 Å². The molecule has 62 valence electrons. The highest BCUT2D eigenvalue weighted by atomic mass is 35.5. The number of nitrogens with zero attached hydrogens (tertiary/aromatic N) is 1. The molecule has 0 amide bonds. The fourth-order valence-electron chi connectivity index (χ4n) is 1.43. The van der Waals surface area contributed by atoms with Gasteiger partial charge in [-0.2, -0.15) is 0 Å². The Morgan fingerprint density at radius 1 is 1.33 bits per heavy atom. The Balaban J connectivity index is 2.75. The van der Waals surface area contributed by atoms with Crippen LogP contribution in [0, 0.1) is 0 Å². The van der Waals surface area contributed by atoms with E-state index in [2.05, 4.69) is 23.8 Å². The molecular weight excluding hydrogens is 170 g/mol. The van der Waals surface area contributed by atoms with Gasteiger partial charge in [-0.25, -0.2) is 0 Å². The molecule has 0 unspecified atom stereocenters. The zero-order valence-corrected chi connectivity index (χ0v) is 7.67. The first-order valence-electron chi connectivity index (χ1n) is 4.05. The number of hydrogen-bond donors (Lipinski definition) is 0. The van der Waals surface area contributed by atoms with E-state index in [1.165, 1.54) is 10.9 Å². The third kappa shape index (κ3) is 1.10. The summed E-state index contributed by atoms with van der Waals surface area (Å²) in [5, 5.41) is 2.05. The summed E-state index contributed by atoms with van der Waals surface area (Å²) in [5.74, 6) is 0. The standard InChI is InChI=1S/C10H10ClN/c1-2-12-6-5-8-3-4-9(11)7-10(8)12/h3-7H,2H2,1H3. The normalized spacial score (nSPS) is 10.8. The van der Waals surface area contributed by atoms with Gasteiger partial charge in [0.05, 0.1) is 0 Å². The molecule has 0 atom stereocenters. The topological polar surface area (TPSA) is 4.93 Å². The molecule has 0 aliphatic carbocycles. The molecule has 2 aromatic rings. The Bertz CT molecular complexity index is 403. The first kappa shape index (κ1) is 7.69. The van der Waals surface area contributed by atoms with Crippen molar-refractivity contribution in [2.45, 2.75) is 13.5 Å². The van der Waals surface area contributed by atoms with E-state index in [9.17, 15) is 0 Å². The van der Waals surface area contributed by atoms with E-state index < -0.39 is 0 Å². The van der Waals surface area contributed by atoms with Crippen molar-refractivity contribution in [2.24, 2.45) is 0 Å². The lowest BCUT2D eigenvalue weighted by atomic mass is 10.2. The van der Waals surface area contributed by atoms with Gasteiger partial charge in [-0.05, 0) is 30.5 Å². The monoisotopic (exact) mass is 179 g/mol. The molecule has 0 saturated heterocycles. The van der Waals surface area contributed by atoms with E-state index in [0.717, 1.165) is 11.6 Å². The third-order valence-electron chi connectivity index (χ3n) is 2.08. The van der Waals surface area contributed by atoms with Crippen molar-refractivity contribution in [3.8, 4) is 0 Å². The average molecular weight is 180 g/mol. The number of rotatable bonds is 1. The van der Waals surface area contributed by atoms with Gasteiger partial charge >= 0.3 is 0 Å². The van der Waals surface area contributed by atoms with E-state index in [1.807, 2.05) is 18.2 Å². The molecule has 1 heterocycles. The third-order valence-corrected chi connectivity index (χ3v) is 2.31. The van der Waals surface area contributed by atoms with Crippen LogP contribution in [0.3, 0.4) is 0 Å². The van der Waals surface area contributed by atoms with Crippen molar-refractivity contribution < 1.29 is 0 Å². The smallest absolute Gasteiger partial charge is 0.0495 e. The zero-order valence-electron chi connectivity index (χ0n) is 6.92. The molecule has 2 rings (SSSR count). The molecule has 0 aliphatic rings. The largest absolute Gasteiger partial charge is 0.348 e. The zero-order chi connectivity index (χ0) is 8.55. The number of aryl methyl sites for hydroxylation is 1. The minimum atomic E-state index is 0.802. The second-order valence-corrected chi connectivity index (χ2v) is 3.24. The van der Waals surface area contributed by atoms with Crippen LogP contribution in [0.1, 0.15) is 6.92 Å². The van der Waals surface area contributed by atoms with Crippen LogP contribution in [0.25, 0.3) is 10.9 Å². The molecule has 0 aliphatic heterocycles. The lowest BCUT2D eigenvalue weighted by molar-refractivity contribution is 0.798. The molecule has 0 N–H and O–H groups in total. The van der Waals surface area contributed by atoms with Crippen molar-refractivity contribution in [1.82, 2.24) is 4.57 Å². The molecule has 2 heteroatoms. The number of aromatic nitrogens is 1. The predicted molar refractivity (Wildman–Crippen MR) is 52.6 cm³/mol. The maximum atomic E-state index is 5.89. The van der Waals surface area contributed by atoms with Crippen LogP contribution in [0.15, 0.2) is 30.5 Å². The van der Waals surface area contributed by atoms with Crippen molar-refractivity contribution in [2.75, 3.05) is 0 Å². The van der Waals surface area contributed by atoms with E-state index in [-0.39, 0.29) is 0 Å². The van der Waals surface area contributed by atoms with Gasteiger partial charge < -0.3 is 4.57 Å². The lowest BCUT2D eigenvalue weighted by Crippen LogP contribution is -1.89. The van der Waals surface area contributed by atoms with Crippen LogP contribution in [-0.2, 0) is 6.54 Å². The van der Waals surface area contributed by atoms with Crippen LogP contribution in [0.2, 0.25) is 5.02 Å². The Kier molecular flexibility index (Phi) is 1.81. The van der Waals surface area contributed by atoms with Gasteiger partial charge in [0.2, 0.25) is 0 Å². The predicted octanol–water partition coefficient (Wildman–Crippen LogP) is 3.31. The first-order chi connectivity index (χ1) is 5.81. The Morgan fingerprint density at radius 2 is 2.17 bits per heavy atom. The van der Waals surface area contributed by atoms with Crippen molar-refractivity contribution in [3.63, 3.8) is 0 Å². The molecule has 12 heavy (non-hydrogen) atoms. The molecule has 0 spiro atoms. The number of fused-ring (bicyclic) bond motifs is 1. The highest BCUT2D eigenvalue weighted by Gasteiger charge is 1.98. The number of hydrogen-bond acceptors (Lipinski definition) is 0. The Hall–Kier alpha value is -0.950. The molecular formula is C10H10ClN. The van der Waals surface area contributed by atoms with Crippen LogP contribution in [0.5, 0.6) is 0 Å². The highest BCUT2D eigenvalue weighted by Crippen LogP contribution is 2.20. The Labute approximate surface area is 76.6 Å². The van der Waals surface area contributed by atoms with Gasteiger partial charge in [0.15, 0.2) is 0 Å². The molecule has 1 nitrogen and oxygen atoms in total. The van der Waals surface area contributed by atoms with E-state index >= 15 is 0 Å². The molecule has 0 bridgehead atoms. The van der Waals surface area contributed by atoms with Gasteiger partial charge in [0.25, 0.3) is 0 Å². The summed E-state index contributed by atoms with van der Waals surface area (Å²) >= 11 is 5.89. The fraction of sp³-hybridized carbons (Fsp3) is 0.200. The summed E-state index contributed by atoms with van der Waals surface area (Å²) in [6, 6.07) is 8.07. The molecule has 0 saturated carbocycles. The summed E-state index contributed by atoms with van der Waals surface area (Å²) in [5.41, 5.74) is 1.21. The number of halogens is 1. The van der Waals surface area contributed by atoms with Crippen LogP contribution >= 0.6 is 11.6 Å². The second-order valence-electron chi connectivity index (χ2n) is 2.80. The van der Waals surface area contributed by atoms with E-state index in [4.69, 9.17) is 11.6 Å². The van der Waals surface area contributed by atoms with Crippen LogP contribution in [0.4, 0.5) is 0 Å². The summed E-state index contributed by atoms with van der Waals surface area (Å²) in [4.78, 5) is 0. The summed E-state index contributed by atoms with van der Waals surface area (Å²) in [6.45, 7) is 3.12. The summed E-state index contributed by atoms with van der Waals surface area (Å²) in [6.07, 6.45) is 2.08. The molecule has 1 aromatic carbocycles. The van der Waals surface area contributed by atoms with Crippen LogP contribution in [-0.4, -0.2) is 4.57 Å². The quantitative estimate of drug-likeness (QED) is 0.633. The lowest BCUT2D eigenvalue weighted by Gasteiger charge is -1.99. The number of benzene rings is 1. The summed E-state index contributed by atoms with van der Waals surface area (Å²) in [7, 11) is 0. The molecule has 0 radical (unpaired) electrons. The SMILES string of the molecule is CCn1ccc2ccc(Cl)cc21. The highest BCUT2D eigenvalue weighted by molar-refractivity contribution is 6.31. The van der Waals surface area contributed by atoms with Gasteiger partial charge in [0, 0.05) is 23.3 Å². The summed E-state index contributed by atoms with van der Waals surface area (Å²) < 4.78 is 2.18.